The van der Waals surface area contributed by atoms with Crippen LogP contribution in [0.4, 0.5) is 4.20 Å². The fraction of sp³-hybridized carbons (Fsp3) is 0. The molecular formula is CH3FN2OP2. The highest BCUT2D eigenvalue weighted by Gasteiger charge is 1.77. The maximum atomic E-state index is 11.6. The van der Waals surface area contributed by atoms with Crippen LogP contribution in [0.2, 0.25) is 0 Å². The van der Waals surface area contributed by atoms with E-state index in [4.69, 9.17) is 0 Å². The quantitative estimate of drug-likeness (QED) is 0.307. The van der Waals surface area contributed by atoms with Crippen molar-refractivity contribution < 1.29 is 8.99 Å². The monoisotopic (exact) mass is 140 g/mol. The number of nitrogens with zero attached hydrogens (tertiary/aromatic N) is 2. The number of isocyanates is 1. The van der Waals surface area contributed by atoms with Crippen LogP contribution in [0.5, 0.6) is 0 Å². The number of halogens is 1. The maximum absolute atomic E-state index is 11.6. The first-order valence-corrected chi connectivity index (χ1v) is 3.11. The van der Waals surface area contributed by atoms with Crippen LogP contribution in [0.25, 0.3) is 0 Å². The Bertz CT molecular complexity index is 128. The van der Waals surface area contributed by atoms with Crippen LogP contribution in [0.1, 0.15) is 0 Å². The maximum Gasteiger partial charge on any atom is 0.242 e. The first-order valence-electron chi connectivity index (χ1n) is 1.32. The summed E-state index contributed by atoms with van der Waals surface area (Å²) < 4.78 is 17.3. The fourth-order valence-electron chi connectivity index (χ4n) is 0.0665. The molecule has 0 spiro atoms. The summed E-state index contributed by atoms with van der Waals surface area (Å²) in [4.78, 5) is 9.20. The van der Waals surface area contributed by atoms with Gasteiger partial charge in [-0.25, -0.2) is 9.31 Å². The van der Waals surface area contributed by atoms with Crippen molar-refractivity contribution >= 4 is 23.6 Å². The van der Waals surface area contributed by atoms with Crippen molar-refractivity contribution in [3.05, 3.63) is 0 Å². The van der Waals surface area contributed by atoms with E-state index in [1.54, 1.807) is 9.39 Å². The van der Waals surface area contributed by atoms with Crippen molar-refractivity contribution in [1.29, 1.82) is 0 Å². The highest BCUT2D eigenvalue weighted by atomic mass is 31.2. The summed E-state index contributed by atoms with van der Waals surface area (Å²) in [5.74, 6) is 0. The molecule has 6 heteroatoms. The fourth-order valence-corrected chi connectivity index (χ4v) is 0.373. The topological polar surface area (TPSA) is 41.8 Å². The van der Waals surface area contributed by atoms with Crippen LogP contribution in [-0.2, 0) is 4.79 Å². The van der Waals surface area contributed by atoms with Crippen molar-refractivity contribution in [2.75, 3.05) is 0 Å². The predicted octanol–water partition coefficient (Wildman–Crippen LogP) is 1.31. The van der Waals surface area contributed by atoms with E-state index in [-0.39, 0.29) is 0 Å². The molecule has 0 aromatic heterocycles. The molecule has 2 atom stereocenters. The third-order valence-electron chi connectivity index (χ3n) is 0.244. The van der Waals surface area contributed by atoms with Gasteiger partial charge in [0.25, 0.3) is 0 Å². The van der Waals surface area contributed by atoms with Gasteiger partial charge < -0.3 is 0 Å². The van der Waals surface area contributed by atoms with Gasteiger partial charge in [0.2, 0.25) is 14.3 Å². The summed E-state index contributed by atoms with van der Waals surface area (Å²) >= 11 is 0. The first kappa shape index (κ1) is 6.97. The molecule has 0 amide bonds. The molecule has 0 heterocycles. The lowest BCUT2D eigenvalue weighted by atomic mass is 11.7. The molecule has 0 aliphatic heterocycles. The Morgan fingerprint density at radius 2 is 2.43 bits per heavy atom. The second-order valence-corrected chi connectivity index (χ2v) is 2.40. The molecule has 0 aliphatic carbocycles. The largest absolute Gasteiger partial charge is 0.242 e. The van der Waals surface area contributed by atoms with Gasteiger partial charge in [0.1, 0.15) is 0 Å². The Morgan fingerprint density at radius 1 is 1.86 bits per heavy atom. The molecule has 40 valence electrons. The average Bonchev–Trinajstić information content (AvgIpc) is 1.68. The minimum absolute atomic E-state index is 1.06. The summed E-state index contributed by atoms with van der Waals surface area (Å²) in [7, 11) is -0.800. The Morgan fingerprint density at radius 3 is 2.57 bits per heavy atom. The zero-order valence-corrected chi connectivity index (χ0v) is 5.41. The predicted molar refractivity (Wildman–Crippen MR) is 29.7 cm³/mol. The van der Waals surface area contributed by atoms with E-state index in [1.807, 2.05) is 0 Å². The molecule has 0 saturated carbocycles. The Kier molecular flexibility index (Phi) is 4.12. The molecule has 0 aromatic carbocycles. The number of hydrogen-bond acceptors (Lipinski definition) is 2. The smallest absolute Gasteiger partial charge is 0.238 e. The highest BCUT2D eigenvalue weighted by molar-refractivity contribution is 7.45. The van der Waals surface area contributed by atoms with Crippen molar-refractivity contribution in [3.63, 3.8) is 0 Å². The minimum atomic E-state index is -2.59. The van der Waals surface area contributed by atoms with E-state index in [9.17, 15) is 8.99 Å². The van der Waals surface area contributed by atoms with E-state index in [2.05, 4.69) is 9.28 Å². The van der Waals surface area contributed by atoms with Crippen LogP contribution in [0.3, 0.4) is 0 Å². The zero-order chi connectivity index (χ0) is 5.70. The SMILES string of the molecule is O=C=N/[PH](F)=N/P. The van der Waals surface area contributed by atoms with Crippen molar-refractivity contribution in [2.24, 2.45) is 9.28 Å². The third-order valence-corrected chi connectivity index (χ3v) is 1.37. The van der Waals surface area contributed by atoms with Crippen LogP contribution in [-0.4, -0.2) is 6.08 Å². The molecule has 2 unspecified atom stereocenters. The summed E-state index contributed by atoms with van der Waals surface area (Å²) in [6.45, 7) is 0. The van der Waals surface area contributed by atoms with Crippen molar-refractivity contribution in [2.45, 2.75) is 0 Å². The summed E-state index contributed by atoms with van der Waals surface area (Å²) in [5.41, 5.74) is 0. The molecule has 0 N–H and O–H groups in total. The van der Waals surface area contributed by atoms with Gasteiger partial charge in [-0.05, 0) is 9.39 Å². The Balaban J connectivity index is 3.82. The summed E-state index contributed by atoms with van der Waals surface area (Å²) in [6, 6.07) is 0. The first-order chi connectivity index (χ1) is 3.31. The molecule has 0 radical (unpaired) electrons. The van der Waals surface area contributed by atoms with Crippen LogP contribution in [0.15, 0.2) is 9.28 Å². The second kappa shape index (κ2) is 4.14. The summed E-state index contributed by atoms with van der Waals surface area (Å²) in [5, 5.41) is 0. The van der Waals surface area contributed by atoms with E-state index in [0.717, 1.165) is 6.08 Å². The van der Waals surface area contributed by atoms with Crippen molar-refractivity contribution in [1.82, 2.24) is 0 Å². The van der Waals surface area contributed by atoms with Gasteiger partial charge in [-0.15, -0.1) is 4.76 Å². The van der Waals surface area contributed by atoms with E-state index >= 15 is 0 Å². The average molecular weight is 140 g/mol. The summed E-state index contributed by atoms with van der Waals surface area (Å²) in [6.07, 6.45) is 1.06. The normalized spacial score (nSPS) is 12.9. The lowest BCUT2D eigenvalue weighted by Gasteiger charge is -1.73. The van der Waals surface area contributed by atoms with E-state index in [0.29, 0.717) is 0 Å². The van der Waals surface area contributed by atoms with Gasteiger partial charge in [-0.2, -0.15) is 4.20 Å². The third kappa shape index (κ3) is 3.81. The molecule has 0 aromatic rings. The molecule has 0 bridgehead atoms. The van der Waals surface area contributed by atoms with Crippen LogP contribution in [0, 0.1) is 0 Å². The molecule has 0 fully saturated rings. The van der Waals surface area contributed by atoms with Gasteiger partial charge in [0.05, 0.1) is 0 Å². The lowest BCUT2D eigenvalue weighted by molar-refractivity contribution is 0.566. The van der Waals surface area contributed by atoms with Crippen LogP contribution >= 0.6 is 17.6 Å². The standard InChI is InChI=1S/CH3FN2OP2/c2-7(4-6)3-1-5/h7H,6H2. The van der Waals surface area contributed by atoms with E-state index in [1.165, 1.54) is 0 Å². The molecule has 0 aliphatic rings. The van der Waals surface area contributed by atoms with E-state index < -0.39 is 8.17 Å². The van der Waals surface area contributed by atoms with Gasteiger partial charge in [0.15, 0.2) is 0 Å². The number of rotatable bonds is 1. The highest BCUT2D eigenvalue weighted by Crippen LogP contribution is 2.29. The number of hydrogen-bond donors (Lipinski definition) is 0. The molecule has 0 saturated heterocycles. The minimum Gasteiger partial charge on any atom is -0.238 e. The van der Waals surface area contributed by atoms with Crippen LogP contribution < -0.4 is 0 Å². The lowest BCUT2D eigenvalue weighted by Crippen LogP contribution is -1.37. The Labute approximate surface area is 42.9 Å². The number of carbonyl (C=O) groups excluding carboxylic acids is 1. The zero-order valence-electron chi connectivity index (χ0n) is 3.26. The Hall–Kier alpha value is -0.0300. The molecule has 3 nitrogen and oxygen atoms in total. The molecular weight excluding hydrogens is 137 g/mol. The van der Waals surface area contributed by atoms with Gasteiger partial charge in [0, 0.05) is 0 Å². The van der Waals surface area contributed by atoms with Crippen molar-refractivity contribution in [3.8, 4) is 0 Å². The second-order valence-electron chi connectivity index (χ2n) is 0.601. The van der Waals surface area contributed by atoms with Gasteiger partial charge >= 0.3 is 0 Å². The van der Waals surface area contributed by atoms with Gasteiger partial charge in [-0.3, -0.25) is 0 Å². The molecule has 7 heavy (non-hydrogen) atoms. The molecule has 0 rings (SSSR count). The van der Waals surface area contributed by atoms with Gasteiger partial charge in [-0.1, -0.05) is 0 Å².